The van der Waals surface area contributed by atoms with E-state index in [1.54, 1.807) is 32.6 Å². The van der Waals surface area contributed by atoms with Gasteiger partial charge >= 0.3 is 6.09 Å². The lowest BCUT2D eigenvalue weighted by molar-refractivity contribution is -0.132. The maximum Gasteiger partial charge on any atom is 0.408 e. The van der Waals surface area contributed by atoms with Crippen molar-refractivity contribution in [2.24, 2.45) is 0 Å². The van der Waals surface area contributed by atoms with E-state index in [9.17, 15) is 14.4 Å². The van der Waals surface area contributed by atoms with Crippen molar-refractivity contribution in [2.45, 2.75) is 58.7 Å². The highest BCUT2D eigenvalue weighted by molar-refractivity contribution is 5.85. The second-order valence-electron chi connectivity index (χ2n) is 6.34. The van der Waals surface area contributed by atoms with Gasteiger partial charge in [0.05, 0.1) is 0 Å². The molecule has 120 valence electrons. The Labute approximate surface area is 125 Å². The van der Waals surface area contributed by atoms with Gasteiger partial charge in [0, 0.05) is 26.1 Å². The van der Waals surface area contributed by atoms with Crippen LogP contribution >= 0.6 is 0 Å². The first-order valence-corrected chi connectivity index (χ1v) is 7.14. The summed E-state index contributed by atoms with van der Waals surface area (Å²) in [5.41, 5.74) is -0.600. The van der Waals surface area contributed by atoms with Gasteiger partial charge in [-0.1, -0.05) is 0 Å². The van der Waals surface area contributed by atoms with Crippen LogP contribution in [0.25, 0.3) is 0 Å². The van der Waals surface area contributed by atoms with Crippen LogP contribution in [0.1, 0.15) is 41.0 Å². The average molecular weight is 299 g/mol. The molecular weight excluding hydrogens is 274 g/mol. The molecular formula is C14H25N3O4. The Balaban J connectivity index is 2.45. The SMILES string of the molecule is CC(=O)NC1CCN(C(=O)C(C)NC(=O)OC(C)(C)C)C1. The third-order valence-electron chi connectivity index (χ3n) is 3.01. The van der Waals surface area contributed by atoms with Crippen molar-refractivity contribution in [3.63, 3.8) is 0 Å². The Morgan fingerprint density at radius 2 is 1.90 bits per heavy atom. The Morgan fingerprint density at radius 1 is 1.29 bits per heavy atom. The van der Waals surface area contributed by atoms with Crippen molar-refractivity contribution in [3.05, 3.63) is 0 Å². The molecule has 1 aliphatic heterocycles. The number of amides is 3. The van der Waals surface area contributed by atoms with Crippen LogP contribution < -0.4 is 10.6 Å². The minimum Gasteiger partial charge on any atom is -0.444 e. The Hall–Kier alpha value is -1.79. The number of hydrogen-bond acceptors (Lipinski definition) is 4. The van der Waals surface area contributed by atoms with Crippen LogP contribution in [0, 0.1) is 0 Å². The van der Waals surface area contributed by atoms with E-state index in [4.69, 9.17) is 4.74 Å². The molecule has 1 heterocycles. The van der Waals surface area contributed by atoms with Gasteiger partial charge in [-0.3, -0.25) is 9.59 Å². The molecule has 2 N–H and O–H groups in total. The summed E-state index contributed by atoms with van der Waals surface area (Å²) in [6, 6.07) is -0.670. The second-order valence-corrected chi connectivity index (χ2v) is 6.34. The van der Waals surface area contributed by atoms with E-state index in [0.717, 1.165) is 6.42 Å². The average Bonchev–Trinajstić information content (AvgIpc) is 2.72. The van der Waals surface area contributed by atoms with Crippen LogP contribution in [0.15, 0.2) is 0 Å². The number of ether oxygens (including phenoxy) is 1. The van der Waals surface area contributed by atoms with Crippen molar-refractivity contribution in [1.82, 2.24) is 15.5 Å². The molecule has 0 aromatic carbocycles. The van der Waals surface area contributed by atoms with E-state index in [1.807, 2.05) is 0 Å². The van der Waals surface area contributed by atoms with E-state index in [0.29, 0.717) is 13.1 Å². The standard InChI is InChI=1S/C14H25N3O4/c1-9(15-13(20)21-14(3,4)5)12(19)17-7-6-11(8-17)16-10(2)18/h9,11H,6-8H2,1-5H3,(H,15,20)(H,16,18). The van der Waals surface area contributed by atoms with Crippen molar-refractivity contribution in [1.29, 1.82) is 0 Å². The highest BCUT2D eigenvalue weighted by Crippen LogP contribution is 2.11. The van der Waals surface area contributed by atoms with Crippen LogP contribution in [-0.4, -0.2) is 53.6 Å². The predicted molar refractivity (Wildman–Crippen MR) is 77.6 cm³/mol. The lowest BCUT2D eigenvalue weighted by atomic mass is 10.2. The lowest BCUT2D eigenvalue weighted by Crippen LogP contribution is -2.48. The molecule has 2 atom stereocenters. The Morgan fingerprint density at radius 3 is 2.43 bits per heavy atom. The van der Waals surface area contributed by atoms with Crippen molar-refractivity contribution in [2.75, 3.05) is 13.1 Å². The molecule has 1 saturated heterocycles. The fourth-order valence-corrected chi connectivity index (χ4v) is 2.19. The van der Waals surface area contributed by atoms with Crippen molar-refractivity contribution < 1.29 is 19.1 Å². The number of carbonyl (C=O) groups is 3. The first kappa shape index (κ1) is 17.3. The molecule has 0 saturated carbocycles. The van der Waals surface area contributed by atoms with E-state index in [1.165, 1.54) is 6.92 Å². The first-order chi connectivity index (χ1) is 9.58. The predicted octanol–water partition coefficient (Wildman–Crippen LogP) is 0.637. The van der Waals surface area contributed by atoms with Gasteiger partial charge in [-0.25, -0.2) is 4.79 Å². The zero-order valence-corrected chi connectivity index (χ0v) is 13.4. The summed E-state index contributed by atoms with van der Waals surface area (Å²) < 4.78 is 5.12. The summed E-state index contributed by atoms with van der Waals surface area (Å²) in [6.45, 7) is 9.41. The largest absolute Gasteiger partial charge is 0.444 e. The third-order valence-corrected chi connectivity index (χ3v) is 3.01. The number of rotatable bonds is 3. The van der Waals surface area contributed by atoms with E-state index >= 15 is 0 Å². The van der Waals surface area contributed by atoms with Gasteiger partial charge in [0.1, 0.15) is 11.6 Å². The summed E-state index contributed by atoms with van der Waals surface area (Å²) in [5.74, 6) is -0.275. The Bertz CT molecular complexity index is 417. The fraction of sp³-hybridized carbons (Fsp3) is 0.786. The number of likely N-dealkylation sites (tertiary alicyclic amines) is 1. The van der Waals surface area contributed by atoms with Gasteiger partial charge in [0.15, 0.2) is 0 Å². The molecule has 7 heteroatoms. The summed E-state index contributed by atoms with van der Waals surface area (Å²) in [7, 11) is 0. The maximum absolute atomic E-state index is 12.2. The molecule has 1 aliphatic rings. The molecule has 2 unspecified atom stereocenters. The number of carbonyl (C=O) groups excluding carboxylic acids is 3. The zero-order valence-electron chi connectivity index (χ0n) is 13.4. The third kappa shape index (κ3) is 6.01. The molecule has 7 nitrogen and oxygen atoms in total. The summed E-state index contributed by atoms with van der Waals surface area (Å²) in [4.78, 5) is 36.5. The summed E-state index contributed by atoms with van der Waals surface area (Å²) in [5, 5.41) is 5.32. The molecule has 0 spiro atoms. The fourth-order valence-electron chi connectivity index (χ4n) is 2.19. The zero-order chi connectivity index (χ0) is 16.2. The van der Waals surface area contributed by atoms with E-state index in [-0.39, 0.29) is 17.9 Å². The van der Waals surface area contributed by atoms with Gasteiger partial charge in [0.2, 0.25) is 11.8 Å². The molecule has 0 aliphatic carbocycles. The maximum atomic E-state index is 12.2. The van der Waals surface area contributed by atoms with Crippen molar-refractivity contribution >= 4 is 17.9 Å². The number of hydrogen-bond donors (Lipinski definition) is 2. The summed E-state index contributed by atoms with van der Waals surface area (Å²) in [6.07, 6.45) is 0.116. The molecule has 21 heavy (non-hydrogen) atoms. The van der Waals surface area contributed by atoms with E-state index < -0.39 is 17.7 Å². The van der Waals surface area contributed by atoms with Crippen molar-refractivity contribution in [3.8, 4) is 0 Å². The lowest BCUT2D eigenvalue weighted by Gasteiger charge is -2.24. The van der Waals surface area contributed by atoms with Gasteiger partial charge in [0.25, 0.3) is 0 Å². The topological polar surface area (TPSA) is 87.7 Å². The Kier molecular flexibility index (Phi) is 5.57. The monoisotopic (exact) mass is 299 g/mol. The molecule has 3 amide bonds. The number of nitrogens with zero attached hydrogens (tertiary/aromatic N) is 1. The second kappa shape index (κ2) is 6.78. The van der Waals surface area contributed by atoms with E-state index in [2.05, 4.69) is 10.6 Å². The smallest absolute Gasteiger partial charge is 0.408 e. The van der Waals surface area contributed by atoms with Gasteiger partial charge < -0.3 is 20.3 Å². The highest BCUT2D eigenvalue weighted by Gasteiger charge is 2.30. The van der Waals surface area contributed by atoms with Crippen LogP contribution in [0.5, 0.6) is 0 Å². The van der Waals surface area contributed by atoms with Gasteiger partial charge in [-0.05, 0) is 34.1 Å². The van der Waals surface area contributed by atoms with Crippen LogP contribution in [0.4, 0.5) is 4.79 Å². The number of alkyl carbamates (subject to hydrolysis) is 1. The molecule has 0 bridgehead atoms. The summed E-state index contributed by atoms with van der Waals surface area (Å²) >= 11 is 0. The minimum atomic E-state index is -0.657. The first-order valence-electron chi connectivity index (χ1n) is 7.14. The molecule has 0 aromatic heterocycles. The molecule has 1 rings (SSSR count). The van der Waals surface area contributed by atoms with Crippen LogP contribution in [-0.2, 0) is 14.3 Å². The minimum absolute atomic E-state index is 0.0137. The molecule has 1 fully saturated rings. The van der Waals surface area contributed by atoms with Gasteiger partial charge in [-0.2, -0.15) is 0 Å². The van der Waals surface area contributed by atoms with Crippen LogP contribution in [0.3, 0.4) is 0 Å². The molecule has 0 radical (unpaired) electrons. The molecule has 0 aromatic rings. The number of nitrogens with one attached hydrogen (secondary N) is 2. The van der Waals surface area contributed by atoms with Crippen LogP contribution in [0.2, 0.25) is 0 Å². The quantitative estimate of drug-likeness (QED) is 0.800. The highest BCUT2D eigenvalue weighted by atomic mass is 16.6. The van der Waals surface area contributed by atoms with Gasteiger partial charge in [-0.15, -0.1) is 0 Å². The normalized spacial score (nSPS) is 19.9.